The molecule has 2 rings (SSSR count). The largest absolute Gasteiger partial charge is 0.489 e. The molecule has 0 unspecified atom stereocenters. The highest BCUT2D eigenvalue weighted by Crippen LogP contribution is 2.25. The maximum Gasteiger partial charge on any atom is 0.489 e. The minimum atomic E-state index is -1.55. The van der Waals surface area contributed by atoms with Crippen molar-refractivity contribution in [1.29, 1.82) is 0 Å². The Hall–Kier alpha value is -0.175. The highest BCUT2D eigenvalue weighted by Gasteiger charge is 2.19. The van der Waals surface area contributed by atoms with E-state index in [0.717, 1.165) is 0 Å². The molecule has 6 heteroatoms. The molecular formula is C8H5BFIO2S. The molecule has 0 atom stereocenters. The van der Waals surface area contributed by atoms with Crippen molar-refractivity contribution in [2.75, 3.05) is 0 Å². The number of benzene rings is 1. The van der Waals surface area contributed by atoms with Crippen LogP contribution in [0.2, 0.25) is 0 Å². The van der Waals surface area contributed by atoms with E-state index in [9.17, 15) is 4.39 Å². The van der Waals surface area contributed by atoms with Crippen LogP contribution >= 0.6 is 33.9 Å². The van der Waals surface area contributed by atoms with Crippen molar-refractivity contribution < 1.29 is 14.4 Å². The second-order valence-electron chi connectivity index (χ2n) is 2.80. The topological polar surface area (TPSA) is 40.5 Å². The minimum Gasteiger partial charge on any atom is -0.423 e. The molecule has 0 bridgehead atoms. The Morgan fingerprint density at radius 2 is 2.14 bits per heavy atom. The Kier molecular flexibility index (Phi) is 2.78. The van der Waals surface area contributed by atoms with E-state index >= 15 is 0 Å². The van der Waals surface area contributed by atoms with Crippen molar-refractivity contribution in [3.05, 3.63) is 26.9 Å². The molecule has 0 fully saturated rings. The zero-order valence-corrected chi connectivity index (χ0v) is 9.84. The first kappa shape index (κ1) is 10.3. The van der Waals surface area contributed by atoms with E-state index in [1.807, 2.05) is 22.6 Å². The molecule has 0 aliphatic carbocycles. The highest BCUT2D eigenvalue weighted by molar-refractivity contribution is 14.1. The van der Waals surface area contributed by atoms with Gasteiger partial charge >= 0.3 is 7.12 Å². The van der Waals surface area contributed by atoms with E-state index < -0.39 is 7.12 Å². The average Bonchev–Trinajstić information content (AvgIpc) is 2.59. The summed E-state index contributed by atoms with van der Waals surface area (Å²) in [5.74, 6) is -0.292. The number of fused-ring (bicyclic) bond motifs is 1. The molecule has 0 saturated heterocycles. The maximum absolute atomic E-state index is 13.5. The summed E-state index contributed by atoms with van der Waals surface area (Å²) in [5.41, 5.74) is 0.354. The Labute approximate surface area is 97.7 Å². The van der Waals surface area contributed by atoms with E-state index in [1.165, 1.54) is 17.4 Å². The molecular weight excluding hydrogens is 317 g/mol. The first-order valence-electron chi connectivity index (χ1n) is 3.82. The monoisotopic (exact) mass is 322 g/mol. The number of thiophene rings is 1. The van der Waals surface area contributed by atoms with Crippen LogP contribution in [0.3, 0.4) is 0 Å². The molecule has 1 heterocycles. The van der Waals surface area contributed by atoms with Gasteiger partial charge < -0.3 is 10.0 Å². The van der Waals surface area contributed by atoms with Crippen LogP contribution in [0.25, 0.3) is 10.1 Å². The summed E-state index contributed by atoms with van der Waals surface area (Å²) in [7, 11) is -1.55. The lowest BCUT2D eigenvalue weighted by Gasteiger charge is -2.04. The number of hydrogen-bond acceptors (Lipinski definition) is 3. The summed E-state index contributed by atoms with van der Waals surface area (Å²) in [6, 6.07) is 3.14. The number of rotatable bonds is 1. The molecule has 1 aromatic carbocycles. The summed E-state index contributed by atoms with van der Waals surface area (Å²) in [6.45, 7) is 0. The van der Waals surface area contributed by atoms with Gasteiger partial charge in [-0.05, 0) is 51.0 Å². The van der Waals surface area contributed by atoms with Crippen LogP contribution in [0.1, 0.15) is 0 Å². The van der Waals surface area contributed by atoms with Gasteiger partial charge in [-0.25, -0.2) is 4.39 Å². The van der Waals surface area contributed by atoms with Crippen LogP contribution in [-0.4, -0.2) is 17.2 Å². The van der Waals surface area contributed by atoms with E-state index in [-0.39, 0.29) is 5.82 Å². The third-order valence-corrected chi connectivity index (χ3v) is 3.64. The molecule has 0 spiro atoms. The van der Waals surface area contributed by atoms with Gasteiger partial charge in [0.05, 0.1) is 4.70 Å². The predicted octanol–water partition coefficient (Wildman–Crippen LogP) is 1.32. The first-order chi connectivity index (χ1) is 6.61. The van der Waals surface area contributed by atoms with Gasteiger partial charge in [0.2, 0.25) is 0 Å². The molecule has 0 aliphatic rings. The standard InChI is InChI=1S/C8H5BFIO2S/c10-7-6(11)3-5(9(12)13)4-1-2-14-8(4)7/h1-3,12-13H. The molecule has 14 heavy (non-hydrogen) atoms. The molecule has 2 nitrogen and oxygen atoms in total. The molecule has 2 N–H and O–H groups in total. The summed E-state index contributed by atoms with van der Waals surface area (Å²) >= 11 is 3.10. The molecule has 0 radical (unpaired) electrons. The van der Waals surface area contributed by atoms with Gasteiger partial charge in [0.15, 0.2) is 5.82 Å². The van der Waals surface area contributed by atoms with Crippen LogP contribution in [0.4, 0.5) is 4.39 Å². The summed E-state index contributed by atoms with van der Waals surface area (Å²) in [4.78, 5) is 0. The van der Waals surface area contributed by atoms with Crippen molar-refractivity contribution in [3.63, 3.8) is 0 Å². The van der Waals surface area contributed by atoms with Gasteiger partial charge in [0.1, 0.15) is 0 Å². The SMILES string of the molecule is OB(O)c1cc(I)c(F)c2sccc12. The molecule has 1 aromatic heterocycles. The maximum atomic E-state index is 13.5. The van der Waals surface area contributed by atoms with E-state index in [0.29, 0.717) is 19.1 Å². The second-order valence-corrected chi connectivity index (χ2v) is 4.88. The third-order valence-electron chi connectivity index (χ3n) is 1.95. The summed E-state index contributed by atoms with van der Waals surface area (Å²) < 4.78 is 14.4. The summed E-state index contributed by atoms with van der Waals surface area (Å²) in [6.07, 6.45) is 0. The lowest BCUT2D eigenvalue weighted by Crippen LogP contribution is -2.30. The lowest BCUT2D eigenvalue weighted by molar-refractivity contribution is 0.426. The Morgan fingerprint density at radius 1 is 1.43 bits per heavy atom. The van der Waals surface area contributed by atoms with Crippen LogP contribution in [0.5, 0.6) is 0 Å². The van der Waals surface area contributed by atoms with Gasteiger partial charge in [-0.15, -0.1) is 11.3 Å². The van der Waals surface area contributed by atoms with E-state index in [2.05, 4.69) is 0 Å². The van der Waals surface area contributed by atoms with Crippen molar-refractivity contribution in [3.8, 4) is 0 Å². The summed E-state index contributed by atoms with van der Waals surface area (Å²) in [5, 5.41) is 20.5. The van der Waals surface area contributed by atoms with E-state index in [4.69, 9.17) is 10.0 Å². The Bertz CT molecular complexity index is 485. The van der Waals surface area contributed by atoms with Crippen molar-refractivity contribution >= 4 is 56.6 Å². The second kappa shape index (κ2) is 3.76. The van der Waals surface area contributed by atoms with Crippen molar-refractivity contribution in [1.82, 2.24) is 0 Å². The van der Waals surface area contributed by atoms with Gasteiger partial charge in [0.25, 0.3) is 0 Å². The average molecular weight is 322 g/mol. The fourth-order valence-corrected chi connectivity index (χ4v) is 2.96. The fourth-order valence-electron chi connectivity index (χ4n) is 1.31. The Balaban J connectivity index is 2.84. The Morgan fingerprint density at radius 3 is 2.79 bits per heavy atom. The van der Waals surface area contributed by atoms with Crippen molar-refractivity contribution in [2.24, 2.45) is 0 Å². The van der Waals surface area contributed by atoms with Crippen molar-refractivity contribution in [2.45, 2.75) is 0 Å². The van der Waals surface area contributed by atoms with Crippen LogP contribution in [0, 0.1) is 9.39 Å². The van der Waals surface area contributed by atoms with Gasteiger partial charge in [-0.1, -0.05) is 0 Å². The number of hydrogen-bond donors (Lipinski definition) is 2. The van der Waals surface area contributed by atoms with Gasteiger partial charge in [-0.2, -0.15) is 0 Å². The predicted molar refractivity (Wildman–Crippen MR) is 64.3 cm³/mol. The zero-order valence-electron chi connectivity index (χ0n) is 6.87. The molecule has 0 aliphatic heterocycles. The number of halogens is 2. The quantitative estimate of drug-likeness (QED) is 0.614. The molecule has 0 saturated carbocycles. The first-order valence-corrected chi connectivity index (χ1v) is 5.78. The highest BCUT2D eigenvalue weighted by atomic mass is 127. The fraction of sp³-hybridized carbons (Fsp3) is 0. The van der Waals surface area contributed by atoms with Crippen LogP contribution in [-0.2, 0) is 0 Å². The van der Waals surface area contributed by atoms with Gasteiger partial charge in [-0.3, -0.25) is 0 Å². The smallest absolute Gasteiger partial charge is 0.423 e. The molecule has 72 valence electrons. The third kappa shape index (κ3) is 1.56. The minimum absolute atomic E-state index is 0.292. The lowest BCUT2D eigenvalue weighted by atomic mass is 9.78. The normalized spacial score (nSPS) is 10.9. The van der Waals surface area contributed by atoms with Crippen LogP contribution < -0.4 is 5.46 Å². The van der Waals surface area contributed by atoms with Gasteiger partial charge in [0, 0.05) is 3.57 Å². The molecule has 2 aromatic rings. The zero-order chi connectivity index (χ0) is 10.3. The van der Waals surface area contributed by atoms with E-state index in [1.54, 1.807) is 11.4 Å². The van der Waals surface area contributed by atoms with Crippen LogP contribution in [0.15, 0.2) is 17.5 Å². The molecule has 0 amide bonds.